The van der Waals surface area contributed by atoms with Crippen LogP contribution in [0.2, 0.25) is 5.02 Å². The largest absolute Gasteiger partial charge is 0.302 e. The summed E-state index contributed by atoms with van der Waals surface area (Å²) in [4.78, 5) is 14.0. The number of aromatic nitrogens is 8. The summed E-state index contributed by atoms with van der Waals surface area (Å²) in [6, 6.07) is 17.2. The van der Waals surface area contributed by atoms with Crippen LogP contribution in [0.5, 0.6) is 0 Å². The van der Waals surface area contributed by atoms with Crippen molar-refractivity contribution in [3.8, 4) is 11.4 Å². The molecule has 1 amide bonds. The number of nitrogens with zero attached hydrogens (tertiary/aromatic N) is 8. The summed E-state index contributed by atoms with van der Waals surface area (Å²) < 4.78 is 16.4. The van der Waals surface area contributed by atoms with Crippen LogP contribution in [0.15, 0.2) is 73.1 Å². The number of halogens is 2. The Labute approximate surface area is 197 Å². The van der Waals surface area contributed by atoms with E-state index in [2.05, 4.69) is 30.9 Å². The molecular formula is C22H17ClFN9O. The second-order valence-corrected chi connectivity index (χ2v) is 7.75. The summed E-state index contributed by atoms with van der Waals surface area (Å²) in [6.07, 6.45) is 3.19. The van der Waals surface area contributed by atoms with E-state index in [1.54, 1.807) is 30.6 Å². The van der Waals surface area contributed by atoms with E-state index >= 15 is 0 Å². The first-order valence-corrected chi connectivity index (χ1v) is 10.6. The van der Waals surface area contributed by atoms with Crippen LogP contribution in [0.25, 0.3) is 11.4 Å². The van der Waals surface area contributed by atoms with E-state index in [0.29, 0.717) is 17.9 Å². The second-order valence-electron chi connectivity index (χ2n) is 7.34. The van der Waals surface area contributed by atoms with Gasteiger partial charge in [0.25, 0.3) is 5.91 Å². The van der Waals surface area contributed by atoms with Gasteiger partial charge in [0, 0.05) is 18.0 Å². The van der Waals surface area contributed by atoms with E-state index < -0.39 is 5.91 Å². The van der Waals surface area contributed by atoms with E-state index in [4.69, 9.17) is 11.6 Å². The molecule has 0 aliphatic carbocycles. The van der Waals surface area contributed by atoms with Gasteiger partial charge < -0.3 is 5.32 Å². The monoisotopic (exact) mass is 477 g/mol. The number of benzene rings is 2. The fraction of sp³-hybridized carbons (Fsp3) is 0.0909. The first-order valence-electron chi connectivity index (χ1n) is 10.2. The minimum atomic E-state index is -0.479. The molecule has 0 saturated heterocycles. The van der Waals surface area contributed by atoms with Gasteiger partial charge in [0.05, 0.1) is 6.54 Å². The lowest BCUT2D eigenvalue weighted by molar-refractivity contribution is 0.102. The molecule has 12 heteroatoms. The van der Waals surface area contributed by atoms with Crippen LogP contribution in [0.4, 0.5) is 10.2 Å². The molecule has 3 heterocycles. The molecule has 0 bridgehead atoms. The van der Waals surface area contributed by atoms with Gasteiger partial charge in [-0.15, -0.1) is 15.0 Å². The quantitative estimate of drug-likeness (QED) is 0.385. The van der Waals surface area contributed by atoms with Crippen LogP contribution < -0.4 is 5.32 Å². The third kappa shape index (κ3) is 4.84. The Balaban J connectivity index is 1.23. The average Bonchev–Trinajstić information content (AvgIpc) is 3.56. The molecule has 0 fully saturated rings. The molecule has 2 aromatic carbocycles. The molecule has 0 unspecified atom stereocenters. The molecule has 0 aliphatic rings. The Morgan fingerprint density at radius 1 is 1.00 bits per heavy atom. The summed E-state index contributed by atoms with van der Waals surface area (Å²) in [7, 11) is 0. The van der Waals surface area contributed by atoms with Crippen LogP contribution >= 0.6 is 11.6 Å². The van der Waals surface area contributed by atoms with E-state index in [9.17, 15) is 9.18 Å². The van der Waals surface area contributed by atoms with E-state index in [1.807, 2.05) is 30.3 Å². The molecule has 0 aliphatic heterocycles. The van der Waals surface area contributed by atoms with Crippen molar-refractivity contribution in [3.63, 3.8) is 0 Å². The molecular weight excluding hydrogens is 461 g/mol. The zero-order valence-corrected chi connectivity index (χ0v) is 18.3. The Morgan fingerprint density at radius 2 is 1.85 bits per heavy atom. The van der Waals surface area contributed by atoms with E-state index in [1.165, 1.54) is 26.3 Å². The third-order valence-electron chi connectivity index (χ3n) is 4.81. The number of amides is 1. The van der Waals surface area contributed by atoms with Gasteiger partial charge in [-0.3, -0.25) is 9.48 Å². The summed E-state index contributed by atoms with van der Waals surface area (Å²) in [5.41, 5.74) is 1.73. The van der Waals surface area contributed by atoms with Crippen molar-refractivity contribution in [2.24, 2.45) is 0 Å². The summed E-state index contributed by atoms with van der Waals surface area (Å²) in [5, 5.41) is 23.8. The van der Waals surface area contributed by atoms with Crippen molar-refractivity contribution in [1.29, 1.82) is 0 Å². The smallest absolute Gasteiger partial charge is 0.277 e. The van der Waals surface area contributed by atoms with Crippen LogP contribution in [-0.2, 0) is 13.2 Å². The lowest BCUT2D eigenvalue weighted by atomic mass is 10.2. The number of hydrogen-bond donors (Lipinski definition) is 1. The first kappa shape index (κ1) is 21.5. The minimum absolute atomic E-state index is 0.166. The summed E-state index contributed by atoms with van der Waals surface area (Å²) >= 11 is 6.21. The van der Waals surface area contributed by atoms with Gasteiger partial charge in [0.2, 0.25) is 5.82 Å². The molecule has 0 radical (unpaired) electrons. The van der Waals surface area contributed by atoms with Gasteiger partial charge in [-0.25, -0.2) is 9.07 Å². The molecule has 5 rings (SSSR count). The van der Waals surface area contributed by atoms with Crippen LogP contribution in [-0.4, -0.2) is 45.7 Å². The van der Waals surface area contributed by atoms with E-state index in [0.717, 1.165) is 5.56 Å². The standard InChI is InChI=1S/C22H17ClFN9O/c23-18-13-32(12-15-5-4-8-17(24)11-15)28-21(18)25-22(34)19-9-10-31(27-19)14-33-29-20(26-30-33)16-6-2-1-3-7-16/h1-11,13H,12,14H2,(H,25,28,34). The topological polar surface area (TPSA) is 108 Å². The number of carbonyl (C=O) groups is 1. The SMILES string of the molecule is O=C(Nc1nn(Cc2cccc(F)c2)cc1Cl)c1ccn(Cn2nnc(-c3ccccc3)n2)n1. The Morgan fingerprint density at radius 3 is 2.68 bits per heavy atom. The van der Waals surface area contributed by atoms with Crippen molar-refractivity contribution in [1.82, 2.24) is 39.8 Å². The highest BCUT2D eigenvalue weighted by atomic mass is 35.5. The van der Waals surface area contributed by atoms with Crippen molar-refractivity contribution in [3.05, 3.63) is 95.2 Å². The van der Waals surface area contributed by atoms with Crippen molar-refractivity contribution >= 4 is 23.3 Å². The molecule has 1 N–H and O–H groups in total. The Hall–Kier alpha value is -4.38. The predicted octanol–water partition coefficient (Wildman–Crippen LogP) is 3.33. The lowest BCUT2D eigenvalue weighted by Gasteiger charge is -2.02. The highest BCUT2D eigenvalue weighted by Crippen LogP contribution is 2.21. The lowest BCUT2D eigenvalue weighted by Crippen LogP contribution is -2.16. The molecule has 34 heavy (non-hydrogen) atoms. The second kappa shape index (κ2) is 9.24. The third-order valence-corrected chi connectivity index (χ3v) is 5.09. The number of hydrogen-bond acceptors (Lipinski definition) is 6. The van der Waals surface area contributed by atoms with Crippen LogP contribution in [0.1, 0.15) is 16.1 Å². The van der Waals surface area contributed by atoms with Crippen molar-refractivity contribution in [2.75, 3.05) is 5.32 Å². The highest BCUT2D eigenvalue weighted by Gasteiger charge is 2.15. The maximum absolute atomic E-state index is 13.4. The maximum atomic E-state index is 13.4. The number of tetrazole rings is 1. The number of carbonyl (C=O) groups excluding carboxylic acids is 1. The molecule has 0 saturated carbocycles. The van der Waals surface area contributed by atoms with Gasteiger partial charge in [-0.1, -0.05) is 54.1 Å². The molecule has 10 nitrogen and oxygen atoms in total. The molecule has 0 atom stereocenters. The zero-order chi connectivity index (χ0) is 23.5. The molecule has 0 spiro atoms. The maximum Gasteiger partial charge on any atom is 0.277 e. The Bertz CT molecular complexity index is 1440. The van der Waals surface area contributed by atoms with Gasteiger partial charge in [-0.2, -0.15) is 10.2 Å². The predicted molar refractivity (Wildman–Crippen MR) is 122 cm³/mol. The van der Waals surface area contributed by atoms with Gasteiger partial charge in [0.15, 0.2) is 18.2 Å². The highest BCUT2D eigenvalue weighted by molar-refractivity contribution is 6.33. The normalized spacial score (nSPS) is 11.0. The summed E-state index contributed by atoms with van der Waals surface area (Å²) in [6.45, 7) is 0.480. The number of rotatable bonds is 7. The van der Waals surface area contributed by atoms with Gasteiger partial charge in [-0.05, 0) is 29.0 Å². The van der Waals surface area contributed by atoms with Gasteiger partial charge in [0.1, 0.15) is 10.8 Å². The fourth-order valence-electron chi connectivity index (χ4n) is 3.25. The number of anilines is 1. The van der Waals surface area contributed by atoms with Crippen molar-refractivity contribution in [2.45, 2.75) is 13.2 Å². The first-order chi connectivity index (χ1) is 16.5. The Kier molecular flexibility index (Phi) is 5.83. The zero-order valence-electron chi connectivity index (χ0n) is 17.6. The minimum Gasteiger partial charge on any atom is -0.302 e. The van der Waals surface area contributed by atoms with Crippen LogP contribution in [0, 0.1) is 5.82 Å². The van der Waals surface area contributed by atoms with Crippen molar-refractivity contribution < 1.29 is 9.18 Å². The van der Waals surface area contributed by atoms with E-state index in [-0.39, 0.29) is 29.0 Å². The fourth-order valence-corrected chi connectivity index (χ4v) is 3.45. The molecule has 5 aromatic rings. The number of nitrogens with one attached hydrogen (secondary N) is 1. The average molecular weight is 478 g/mol. The molecule has 3 aromatic heterocycles. The van der Waals surface area contributed by atoms with Gasteiger partial charge >= 0.3 is 0 Å². The van der Waals surface area contributed by atoms with Crippen LogP contribution in [0.3, 0.4) is 0 Å². The molecule has 170 valence electrons. The summed E-state index contributed by atoms with van der Waals surface area (Å²) in [5.74, 6) is -0.136.